The number of quaternary nitrogens is 1. The van der Waals surface area contributed by atoms with Gasteiger partial charge in [0, 0.05) is 0 Å². The Balaban J connectivity index is 2.01. The summed E-state index contributed by atoms with van der Waals surface area (Å²) in [6, 6.07) is 5.99. The maximum atomic E-state index is 12.1. The van der Waals surface area contributed by atoms with Gasteiger partial charge in [-0.2, -0.15) is 0 Å². The molecule has 25 heavy (non-hydrogen) atoms. The van der Waals surface area contributed by atoms with Crippen molar-refractivity contribution in [3.63, 3.8) is 0 Å². The fourth-order valence-electron chi connectivity index (χ4n) is 3.38. The van der Waals surface area contributed by atoms with Crippen molar-refractivity contribution in [1.82, 2.24) is 0 Å². The van der Waals surface area contributed by atoms with Gasteiger partial charge in [-0.3, -0.25) is 4.79 Å². The molecule has 1 fully saturated rings. The molecular formula is C21H34NO3+. The standard InChI is InChI=1S/C21H33NO3/c1-15(23)19-12-17(16-8-6-5-7-9-16)10-11-20(19)25-14-18(24)13-22-21(2,3)4/h10-12,16,18,22,24H,5-9,13-14H2,1-4H3/p+1/t18-/m1/s1. The largest absolute Gasteiger partial charge is 0.490 e. The molecule has 4 heteroatoms. The maximum Gasteiger partial charge on any atom is 0.163 e. The van der Waals surface area contributed by atoms with E-state index in [1.54, 1.807) is 6.92 Å². The molecule has 0 radical (unpaired) electrons. The molecule has 0 aromatic heterocycles. The smallest absolute Gasteiger partial charge is 0.163 e. The van der Waals surface area contributed by atoms with Crippen LogP contribution in [0.15, 0.2) is 18.2 Å². The lowest BCUT2D eigenvalue weighted by Gasteiger charge is -2.23. The van der Waals surface area contributed by atoms with Gasteiger partial charge in [0.15, 0.2) is 5.78 Å². The molecule has 0 bridgehead atoms. The topological polar surface area (TPSA) is 63.1 Å². The number of aliphatic hydroxyl groups excluding tert-OH is 1. The molecule has 0 saturated heterocycles. The number of hydrogen-bond acceptors (Lipinski definition) is 3. The average molecular weight is 349 g/mol. The number of benzene rings is 1. The highest BCUT2D eigenvalue weighted by molar-refractivity contribution is 5.97. The molecule has 1 aliphatic carbocycles. The van der Waals surface area contributed by atoms with Crippen molar-refractivity contribution in [2.24, 2.45) is 0 Å². The Morgan fingerprint density at radius 1 is 1.28 bits per heavy atom. The van der Waals surface area contributed by atoms with E-state index in [1.807, 2.05) is 12.1 Å². The van der Waals surface area contributed by atoms with Gasteiger partial charge in [-0.05, 0) is 64.2 Å². The number of aliphatic hydroxyl groups is 1. The van der Waals surface area contributed by atoms with Crippen LogP contribution in [0.5, 0.6) is 5.75 Å². The van der Waals surface area contributed by atoms with Gasteiger partial charge < -0.3 is 15.2 Å². The van der Waals surface area contributed by atoms with Crippen molar-refractivity contribution in [2.45, 2.75) is 77.4 Å². The zero-order chi connectivity index (χ0) is 18.4. The van der Waals surface area contributed by atoms with E-state index in [0.717, 1.165) is 0 Å². The number of ketones is 1. The monoisotopic (exact) mass is 348 g/mol. The summed E-state index contributed by atoms with van der Waals surface area (Å²) in [5.74, 6) is 1.16. The minimum absolute atomic E-state index is 0.0170. The van der Waals surface area contributed by atoms with Crippen molar-refractivity contribution in [2.75, 3.05) is 13.2 Å². The first kappa shape index (κ1) is 19.9. The highest BCUT2D eigenvalue weighted by Gasteiger charge is 2.20. The van der Waals surface area contributed by atoms with Crippen LogP contribution in [-0.2, 0) is 0 Å². The minimum Gasteiger partial charge on any atom is -0.490 e. The number of carbonyl (C=O) groups excluding carboxylic acids is 1. The lowest BCUT2D eigenvalue weighted by atomic mass is 9.83. The summed E-state index contributed by atoms with van der Waals surface area (Å²) in [4.78, 5) is 12.1. The Kier molecular flexibility index (Phi) is 7.03. The van der Waals surface area contributed by atoms with Gasteiger partial charge in [0.25, 0.3) is 0 Å². The molecule has 2 rings (SSSR count). The molecule has 4 nitrogen and oxygen atoms in total. The number of Topliss-reactive ketones (excluding diaryl/α,β-unsaturated/α-hetero) is 1. The molecule has 0 heterocycles. The van der Waals surface area contributed by atoms with Crippen molar-refractivity contribution in [3.05, 3.63) is 29.3 Å². The second kappa shape index (κ2) is 8.81. The molecule has 1 saturated carbocycles. The van der Waals surface area contributed by atoms with E-state index in [4.69, 9.17) is 4.74 Å². The molecule has 1 atom stereocenters. The first-order chi connectivity index (χ1) is 11.8. The van der Waals surface area contributed by atoms with Crippen LogP contribution in [0.2, 0.25) is 0 Å². The van der Waals surface area contributed by atoms with Crippen LogP contribution in [0, 0.1) is 0 Å². The molecule has 1 aliphatic rings. The van der Waals surface area contributed by atoms with E-state index in [1.165, 1.54) is 37.7 Å². The Morgan fingerprint density at radius 2 is 1.96 bits per heavy atom. The van der Waals surface area contributed by atoms with E-state index >= 15 is 0 Å². The molecule has 1 aromatic rings. The fourth-order valence-corrected chi connectivity index (χ4v) is 3.38. The van der Waals surface area contributed by atoms with Crippen LogP contribution >= 0.6 is 0 Å². The van der Waals surface area contributed by atoms with Crippen molar-refractivity contribution >= 4 is 5.78 Å². The highest BCUT2D eigenvalue weighted by Crippen LogP contribution is 2.34. The lowest BCUT2D eigenvalue weighted by molar-refractivity contribution is -0.722. The number of carbonyl (C=O) groups is 1. The Hall–Kier alpha value is -1.39. The van der Waals surface area contributed by atoms with Gasteiger partial charge in [0.05, 0.1) is 11.1 Å². The molecule has 0 unspecified atom stereocenters. The van der Waals surface area contributed by atoms with E-state index in [9.17, 15) is 9.90 Å². The Morgan fingerprint density at radius 3 is 2.56 bits per heavy atom. The molecule has 1 aromatic carbocycles. The summed E-state index contributed by atoms with van der Waals surface area (Å²) < 4.78 is 5.78. The van der Waals surface area contributed by atoms with E-state index in [2.05, 4.69) is 32.2 Å². The fraction of sp³-hybridized carbons (Fsp3) is 0.667. The third-order valence-electron chi connectivity index (χ3n) is 4.89. The van der Waals surface area contributed by atoms with Crippen LogP contribution < -0.4 is 10.1 Å². The molecular weight excluding hydrogens is 314 g/mol. The first-order valence-electron chi connectivity index (χ1n) is 9.56. The predicted molar refractivity (Wildman–Crippen MR) is 100 cm³/mol. The van der Waals surface area contributed by atoms with Gasteiger partial charge in [0.1, 0.15) is 25.0 Å². The quantitative estimate of drug-likeness (QED) is 0.745. The van der Waals surface area contributed by atoms with Crippen LogP contribution in [0.3, 0.4) is 0 Å². The van der Waals surface area contributed by atoms with Gasteiger partial charge in [-0.15, -0.1) is 0 Å². The zero-order valence-electron chi connectivity index (χ0n) is 16.2. The van der Waals surface area contributed by atoms with E-state index in [0.29, 0.717) is 23.8 Å². The Labute approximate surface area is 152 Å². The van der Waals surface area contributed by atoms with Crippen LogP contribution in [0.4, 0.5) is 0 Å². The van der Waals surface area contributed by atoms with Gasteiger partial charge in [0.2, 0.25) is 0 Å². The third kappa shape index (κ3) is 6.44. The predicted octanol–water partition coefficient (Wildman–Crippen LogP) is 3.04. The van der Waals surface area contributed by atoms with Gasteiger partial charge in [-0.1, -0.05) is 25.3 Å². The summed E-state index contributed by atoms with van der Waals surface area (Å²) >= 11 is 0. The Bertz CT molecular complexity index is 571. The summed E-state index contributed by atoms with van der Waals surface area (Å²) in [6.45, 7) is 8.70. The van der Waals surface area contributed by atoms with E-state index in [-0.39, 0.29) is 17.9 Å². The SMILES string of the molecule is CC(=O)c1cc(C2CCCCC2)ccc1OC[C@H](O)C[NH2+]C(C)(C)C. The number of ether oxygens (including phenoxy) is 1. The van der Waals surface area contributed by atoms with Gasteiger partial charge >= 0.3 is 0 Å². The second-order valence-corrected chi connectivity index (χ2v) is 8.42. The number of nitrogens with two attached hydrogens (primary N) is 1. The molecule has 3 N–H and O–H groups in total. The number of hydrogen-bond donors (Lipinski definition) is 2. The summed E-state index contributed by atoms with van der Waals surface area (Å²) in [5, 5.41) is 12.2. The van der Waals surface area contributed by atoms with Gasteiger partial charge in [-0.25, -0.2) is 0 Å². The molecule has 0 spiro atoms. The molecule has 140 valence electrons. The summed E-state index contributed by atoms with van der Waals surface area (Å²) in [6.07, 6.45) is 5.72. The summed E-state index contributed by atoms with van der Waals surface area (Å²) in [5.41, 5.74) is 1.96. The molecule has 0 aliphatic heterocycles. The average Bonchev–Trinajstić information content (AvgIpc) is 2.58. The maximum absolute atomic E-state index is 12.1. The normalized spacial score (nSPS) is 17.3. The lowest BCUT2D eigenvalue weighted by Crippen LogP contribution is -2.96. The molecule has 0 amide bonds. The second-order valence-electron chi connectivity index (χ2n) is 8.42. The minimum atomic E-state index is -0.558. The zero-order valence-corrected chi connectivity index (χ0v) is 16.2. The first-order valence-corrected chi connectivity index (χ1v) is 9.56. The van der Waals surface area contributed by atoms with E-state index < -0.39 is 6.10 Å². The van der Waals surface area contributed by atoms with Crippen molar-refractivity contribution in [1.29, 1.82) is 0 Å². The van der Waals surface area contributed by atoms with Crippen LogP contribution in [0.1, 0.15) is 81.6 Å². The van der Waals surface area contributed by atoms with Crippen molar-refractivity contribution in [3.8, 4) is 5.75 Å². The van der Waals surface area contributed by atoms with Crippen LogP contribution in [0.25, 0.3) is 0 Å². The van der Waals surface area contributed by atoms with Crippen molar-refractivity contribution < 1.29 is 20.0 Å². The van der Waals surface area contributed by atoms with Crippen LogP contribution in [-0.4, -0.2) is 35.7 Å². The third-order valence-corrected chi connectivity index (χ3v) is 4.89. The highest BCUT2D eigenvalue weighted by atomic mass is 16.5. The number of rotatable bonds is 7. The summed E-state index contributed by atoms with van der Waals surface area (Å²) in [7, 11) is 0.